The topological polar surface area (TPSA) is 52.2 Å². The van der Waals surface area contributed by atoms with Crippen molar-refractivity contribution in [3.8, 4) is 11.3 Å². The molecular weight excluding hydrogens is 380 g/mol. The van der Waals surface area contributed by atoms with Crippen LogP contribution in [0.4, 0.5) is 0 Å². The molecule has 1 spiro atoms. The average Bonchev–Trinajstić information content (AvgIpc) is 3.37. The molecule has 5 nitrogen and oxygen atoms in total. The van der Waals surface area contributed by atoms with Gasteiger partial charge in [0.05, 0.1) is 5.69 Å². The van der Waals surface area contributed by atoms with E-state index in [2.05, 4.69) is 52.9 Å². The van der Waals surface area contributed by atoms with Crippen molar-refractivity contribution >= 4 is 17.5 Å². The van der Waals surface area contributed by atoms with E-state index in [0.717, 1.165) is 60.8 Å². The van der Waals surface area contributed by atoms with Crippen molar-refractivity contribution in [1.29, 1.82) is 0 Å². The molecule has 2 heterocycles. The zero-order chi connectivity index (χ0) is 20.0. The highest BCUT2D eigenvalue weighted by Crippen LogP contribution is 2.50. The third-order valence-corrected chi connectivity index (χ3v) is 7.69. The molecule has 152 valence electrons. The Morgan fingerprint density at radius 3 is 2.66 bits per heavy atom. The Bertz CT molecular complexity index is 1120. The number of thioether (sulfide) groups is 1. The van der Waals surface area contributed by atoms with Gasteiger partial charge in [-0.1, -0.05) is 62.7 Å². The van der Waals surface area contributed by atoms with E-state index in [1.807, 2.05) is 4.40 Å². The number of fused-ring (bicyclic) bond motifs is 5. The largest absolute Gasteiger partial charge is 0.309 e. The number of hydrogen-bond acceptors (Lipinski definition) is 4. The third kappa shape index (κ3) is 2.79. The Hall–Kier alpha value is -2.08. The molecule has 5 rings (SSSR count). The van der Waals surface area contributed by atoms with E-state index in [1.165, 1.54) is 24.0 Å². The van der Waals surface area contributed by atoms with Crippen molar-refractivity contribution in [2.75, 3.05) is 5.75 Å². The first-order chi connectivity index (χ1) is 14.2. The monoisotopic (exact) mass is 408 g/mol. The molecule has 0 atom stereocenters. The fraction of sp³-hybridized carbons (Fsp3) is 0.522. The standard InChI is InChI=1S/C23H28N4OS/c1-3-13-26-19-17-10-6-5-9-16(17)15-23(11-7-8-12-23)18(19)20(28)27-21(26)24-25-22(27)29-14-4-2/h5-6,9-10H,3-4,7-8,11-15H2,1-2H3. The molecule has 1 fully saturated rings. The fourth-order valence-corrected chi connectivity index (χ4v) is 6.16. The van der Waals surface area contributed by atoms with Crippen molar-refractivity contribution in [3.05, 3.63) is 45.7 Å². The lowest BCUT2D eigenvalue weighted by atomic mass is 9.68. The van der Waals surface area contributed by atoms with Crippen molar-refractivity contribution < 1.29 is 0 Å². The maximum absolute atomic E-state index is 14.0. The summed E-state index contributed by atoms with van der Waals surface area (Å²) in [5, 5.41) is 9.68. The van der Waals surface area contributed by atoms with Crippen LogP contribution in [0, 0.1) is 0 Å². The lowest BCUT2D eigenvalue weighted by molar-refractivity contribution is 0.421. The van der Waals surface area contributed by atoms with Crippen LogP contribution >= 0.6 is 11.8 Å². The van der Waals surface area contributed by atoms with Gasteiger partial charge in [-0.15, -0.1) is 10.2 Å². The smallest absolute Gasteiger partial charge is 0.265 e. The molecule has 0 N–H and O–H groups in total. The molecule has 3 aromatic rings. The number of hydrogen-bond donors (Lipinski definition) is 0. The molecule has 2 aliphatic carbocycles. The molecule has 2 aromatic heterocycles. The molecular formula is C23H28N4OS. The summed E-state index contributed by atoms with van der Waals surface area (Å²) in [5.41, 5.74) is 4.78. The van der Waals surface area contributed by atoms with Crippen LogP contribution in [0.15, 0.2) is 34.2 Å². The van der Waals surface area contributed by atoms with Crippen LogP contribution in [0.2, 0.25) is 0 Å². The van der Waals surface area contributed by atoms with Gasteiger partial charge in [0, 0.05) is 28.8 Å². The van der Waals surface area contributed by atoms with Gasteiger partial charge in [-0.3, -0.25) is 4.79 Å². The summed E-state index contributed by atoms with van der Waals surface area (Å²) in [6.07, 6.45) is 7.61. The molecule has 2 aliphatic rings. The minimum absolute atomic E-state index is 0.0403. The molecule has 0 aliphatic heterocycles. The molecule has 1 saturated carbocycles. The summed E-state index contributed by atoms with van der Waals surface area (Å²) >= 11 is 1.64. The highest BCUT2D eigenvalue weighted by atomic mass is 32.2. The van der Waals surface area contributed by atoms with Gasteiger partial charge in [-0.2, -0.15) is 0 Å². The van der Waals surface area contributed by atoms with Gasteiger partial charge >= 0.3 is 0 Å². The van der Waals surface area contributed by atoms with Crippen molar-refractivity contribution in [3.63, 3.8) is 0 Å². The van der Waals surface area contributed by atoms with E-state index in [4.69, 9.17) is 0 Å². The van der Waals surface area contributed by atoms with E-state index in [0.29, 0.717) is 5.78 Å². The van der Waals surface area contributed by atoms with Gasteiger partial charge < -0.3 is 4.57 Å². The van der Waals surface area contributed by atoms with E-state index in [-0.39, 0.29) is 11.0 Å². The van der Waals surface area contributed by atoms with E-state index < -0.39 is 0 Å². The predicted octanol–water partition coefficient (Wildman–Crippen LogP) is 4.84. The zero-order valence-electron chi connectivity index (χ0n) is 17.3. The molecule has 0 saturated heterocycles. The summed E-state index contributed by atoms with van der Waals surface area (Å²) in [5.74, 6) is 1.64. The Morgan fingerprint density at radius 2 is 1.90 bits per heavy atom. The number of aryl methyl sites for hydroxylation is 1. The Kier molecular flexibility index (Phi) is 4.77. The third-order valence-electron chi connectivity index (χ3n) is 6.56. The zero-order valence-corrected chi connectivity index (χ0v) is 18.1. The van der Waals surface area contributed by atoms with E-state index in [9.17, 15) is 4.79 Å². The second kappa shape index (κ2) is 7.31. The van der Waals surface area contributed by atoms with Gasteiger partial charge in [0.2, 0.25) is 5.78 Å². The van der Waals surface area contributed by atoms with Crippen LogP contribution in [0.1, 0.15) is 63.5 Å². The fourth-order valence-electron chi connectivity index (χ4n) is 5.38. The number of benzene rings is 1. The Morgan fingerprint density at radius 1 is 1.10 bits per heavy atom. The maximum Gasteiger partial charge on any atom is 0.265 e. The van der Waals surface area contributed by atoms with Gasteiger partial charge in [0.1, 0.15) is 0 Å². The van der Waals surface area contributed by atoms with Crippen LogP contribution in [-0.2, 0) is 18.4 Å². The summed E-state index contributed by atoms with van der Waals surface area (Å²) in [6.45, 7) is 5.18. The van der Waals surface area contributed by atoms with Crippen LogP contribution in [0.25, 0.3) is 17.0 Å². The number of nitrogens with zero attached hydrogens (tertiary/aromatic N) is 4. The molecule has 0 radical (unpaired) electrons. The van der Waals surface area contributed by atoms with Crippen LogP contribution in [0.5, 0.6) is 0 Å². The minimum Gasteiger partial charge on any atom is -0.309 e. The second-order valence-corrected chi connectivity index (χ2v) is 9.53. The van der Waals surface area contributed by atoms with Gasteiger partial charge in [0.15, 0.2) is 5.16 Å². The van der Waals surface area contributed by atoms with Gasteiger partial charge in [-0.25, -0.2) is 4.40 Å². The summed E-state index contributed by atoms with van der Waals surface area (Å²) in [4.78, 5) is 14.0. The number of rotatable bonds is 5. The summed E-state index contributed by atoms with van der Waals surface area (Å²) in [6, 6.07) is 8.65. The van der Waals surface area contributed by atoms with Crippen LogP contribution in [0.3, 0.4) is 0 Å². The lowest BCUT2D eigenvalue weighted by Gasteiger charge is -2.37. The highest BCUT2D eigenvalue weighted by molar-refractivity contribution is 7.99. The Balaban J connectivity index is 1.89. The number of aromatic nitrogens is 4. The molecule has 29 heavy (non-hydrogen) atoms. The first-order valence-corrected chi connectivity index (χ1v) is 11.9. The molecule has 0 amide bonds. The predicted molar refractivity (Wildman–Crippen MR) is 118 cm³/mol. The molecule has 0 unspecified atom stereocenters. The quantitative estimate of drug-likeness (QED) is 0.567. The van der Waals surface area contributed by atoms with Crippen molar-refractivity contribution in [2.24, 2.45) is 0 Å². The van der Waals surface area contributed by atoms with Gasteiger partial charge in [0.25, 0.3) is 5.56 Å². The SMILES string of the molecule is CCCSc1nnc2n(CCC)c3c(c(=O)n12)C1(CCCC1)Cc1ccccc1-3. The minimum atomic E-state index is -0.0403. The van der Waals surface area contributed by atoms with Crippen molar-refractivity contribution in [1.82, 2.24) is 19.2 Å². The van der Waals surface area contributed by atoms with Gasteiger partial charge in [-0.05, 0) is 37.7 Å². The lowest BCUT2D eigenvalue weighted by Crippen LogP contribution is -2.40. The second-order valence-electron chi connectivity index (χ2n) is 8.47. The molecule has 0 bridgehead atoms. The van der Waals surface area contributed by atoms with Crippen LogP contribution in [-0.4, -0.2) is 24.9 Å². The average molecular weight is 409 g/mol. The molecule has 6 heteroatoms. The normalized spacial score (nSPS) is 17.0. The highest BCUT2D eigenvalue weighted by Gasteiger charge is 2.45. The maximum atomic E-state index is 14.0. The van der Waals surface area contributed by atoms with Crippen molar-refractivity contribution in [2.45, 2.75) is 75.9 Å². The first kappa shape index (κ1) is 18.9. The van der Waals surface area contributed by atoms with E-state index in [1.54, 1.807) is 11.8 Å². The van der Waals surface area contributed by atoms with E-state index >= 15 is 0 Å². The first-order valence-electron chi connectivity index (χ1n) is 10.9. The Labute approximate surface area is 175 Å². The summed E-state index contributed by atoms with van der Waals surface area (Å²) < 4.78 is 4.08. The molecule has 1 aromatic carbocycles. The summed E-state index contributed by atoms with van der Waals surface area (Å²) in [7, 11) is 0. The van der Waals surface area contributed by atoms with Crippen LogP contribution < -0.4 is 5.56 Å².